The Morgan fingerprint density at radius 3 is 2.25 bits per heavy atom. The summed E-state index contributed by atoms with van der Waals surface area (Å²) in [4.78, 5) is 12.7. The van der Waals surface area contributed by atoms with E-state index in [1.165, 1.54) is 51.4 Å². The molecule has 2 nitrogen and oxygen atoms in total. The number of rotatable bonds is 3. The fourth-order valence-corrected chi connectivity index (χ4v) is 10.2. The average Bonchev–Trinajstić information content (AvgIpc) is 3.43. The van der Waals surface area contributed by atoms with Gasteiger partial charge in [0.1, 0.15) is 5.78 Å². The fourth-order valence-electron chi connectivity index (χ4n) is 9.82. The number of ketones is 1. The predicted molar refractivity (Wildman–Crippen MR) is 116 cm³/mol. The minimum absolute atomic E-state index is 0.216. The maximum atomic E-state index is 12.7. The first-order chi connectivity index (χ1) is 13.2. The molecule has 0 unspecified atom stereocenters. The predicted octanol–water partition coefficient (Wildman–Crippen LogP) is 6.14. The van der Waals surface area contributed by atoms with E-state index in [2.05, 4.69) is 36.7 Å². The zero-order valence-electron chi connectivity index (χ0n) is 18.1. The molecule has 3 heteroatoms. The maximum Gasteiger partial charge on any atom is 0.147 e. The topological polar surface area (TPSA) is 37.3 Å². The van der Waals surface area contributed by atoms with Gasteiger partial charge in [0.25, 0.3) is 0 Å². The van der Waals surface area contributed by atoms with Gasteiger partial charge in [0, 0.05) is 5.92 Å². The number of carbonyl (C=O) groups is 1. The van der Waals surface area contributed by atoms with E-state index >= 15 is 0 Å². The molecule has 0 aliphatic heterocycles. The van der Waals surface area contributed by atoms with Crippen molar-refractivity contribution in [2.45, 2.75) is 97.0 Å². The number of hydrogen-bond donors (Lipinski definition) is 1. The third-order valence-electron chi connectivity index (χ3n) is 11.0. The van der Waals surface area contributed by atoms with Crippen LogP contribution in [0.4, 0.5) is 0 Å². The first-order valence-corrected chi connectivity index (χ1v) is 13.1. The summed E-state index contributed by atoms with van der Waals surface area (Å²) in [6.45, 7) is 7.19. The van der Waals surface area contributed by atoms with Crippen molar-refractivity contribution in [1.82, 2.24) is 0 Å². The summed E-state index contributed by atoms with van der Waals surface area (Å²) in [6, 6.07) is 0. The van der Waals surface area contributed by atoms with Crippen LogP contribution in [0.25, 0.3) is 0 Å². The normalized spacial score (nSPS) is 55.9. The van der Waals surface area contributed by atoms with Crippen LogP contribution in [0.5, 0.6) is 0 Å². The van der Waals surface area contributed by atoms with Gasteiger partial charge in [-0.25, -0.2) is 0 Å². The van der Waals surface area contributed by atoms with Gasteiger partial charge in [-0.1, -0.05) is 29.8 Å². The third-order valence-corrected chi connectivity index (χ3v) is 11.5. The van der Waals surface area contributed by atoms with Crippen molar-refractivity contribution >= 4 is 21.7 Å². The highest BCUT2D eigenvalue weighted by Crippen LogP contribution is 2.76. The van der Waals surface area contributed by atoms with Crippen molar-refractivity contribution in [3.05, 3.63) is 0 Å². The van der Waals surface area contributed by atoms with Crippen molar-refractivity contribution in [1.29, 1.82) is 0 Å². The van der Waals surface area contributed by atoms with Crippen molar-refractivity contribution in [2.24, 2.45) is 45.8 Å². The highest BCUT2D eigenvalue weighted by Gasteiger charge is 2.69. The summed E-state index contributed by atoms with van der Waals surface area (Å²) < 4.78 is 0. The van der Waals surface area contributed by atoms with Crippen molar-refractivity contribution < 1.29 is 9.90 Å². The molecule has 0 spiro atoms. The van der Waals surface area contributed by atoms with Crippen LogP contribution in [0.1, 0.15) is 91.4 Å². The van der Waals surface area contributed by atoms with Gasteiger partial charge in [-0.15, -0.1) is 0 Å². The number of halogens is 1. The molecule has 0 aromatic carbocycles. The number of alkyl halides is 1. The Morgan fingerprint density at radius 2 is 1.57 bits per heavy atom. The quantitative estimate of drug-likeness (QED) is 0.524. The van der Waals surface area contributed by atoms with Gasteiger partial charge in [0.05, 0.1) is 10.9 Å². The van der Waals surface area contributed by atoms with Crippen molar-refractivity contribution in [3.63, 3.8) is 0 Å². The molecule has 0 radical (unpaired) electrons. The van der Waals surface area contributed by atoms with Gasteiger partial charge in [-0.3, -0.25) is 4.79 Å². The monoisotopic (exact) mass is 450 g/mol. The molecule has 1 N–H and O–H groups in total. The second-order valence-electron chi connectivity index (χ2n) is 12.2. The number of fused-ring (bicyclic) bond motifs is 5. The number of carbonyl (C=O) groups excluding carboxylic acids is 1. The molecule has 5 fully saturated rings. The molecule has 5 aliphatic rings. The number of aliphatic hydroxyl groups is 1. The smallest absolute Gasteiger partial charge is 0.147 e. The van der Waals surface area contributed by atoms with Gasteiger partial charge < -0.3 is 5.11 Å². The molecule has 0 aromatic rings. The molecule has 5 rings (SSSR count). The molecule has 5 aliphatic carbocycles. The van der Waals surface area contributed by atoms with Gasteiger partial charge >= 0.3 is 0 Å². The van der Waals surface area contributed by atoms with Crippen LogP contribution in [0.3, 0.4) is 0 Å². The lowest BCUT2D eigenvalue weighted by Gasteiger charge is -2.67. The van der Waals surface area contributed by atoms with Gasteiger partial charge in [-0.2, -0.15) is 0 Å². The minimum Gasteiger partial charge on any atom is -0.390 e. The summed E-state index contributed by atoms with van der Waals surface area (Å²) in [5.41, 5.74) is 0.666. The van der Waals surface area contributed by atoms with Crippen LogP contribution in [0.2, 0.25) is 0 Å². The van der Waals surface area contributed by atoms with Crippen LogP contribution < -0.4 is 0 Å². The molecule has 0 amide bonds. The fraction of sp³-hybridized carbons (Fsp3) is 0.960. The SMILES string of the molecule is C[C@@]1(O)CC[C@@]2(C3CC3)[C@H](CC[C@@]3(C)[C@@H]4CC[C@H](C(=O)CBr)[C@@]4(C)CC[C@@H]32)C1. The lowest BCUT2D eigenvalue weighted by Crippen LogP contribution is -2.61. The first-order valence-electron chi connectivity index (χ1n) is 12.0. The van der Waals surface area contributed by atoms with Crippen molar-refractivity contribution in [3.8, 4) is 0 Å². The Labute approximate surface area is 179 Å². The van der Waals surface area contributed by atoms with E-state index in [4.69, 9.17) is 0 Å². The summed E-state index contributed by atoms with van der Waals surface area (Å²) >= 11 is 3.47. The van der Waals surface area contributed by atoms with Crippen LogP contribution in [0, 0.1) is 45.8 Å². The second kappa shape index (κ2) is 6.31. The second-order valence-corrected chi connectivity index (χ2v) is 12.8. The molecule has 0 aromatic heterocycles. The third kappa shape index (κ3) is 2.57. The van der Waals surface area contributed by atoms with Crippen molar-refractivity contribution in [2.75, 3.05) is 5.33 Å². The Kier molecular flexibility index (Phi) is 4.52. The van der Waals surface area contributed by atoms with E-state index in [0.717, 1.165) is 37.0 Å². The number of hydrogen-bond acceptors (Lipinski definition) is 2. The molecule has 158 valence electrons. The van der Waals surface area contributed by atoms with Gasteiger partial charge in [0.15, 0.2) is 0 Å². The molecule has 0 bridgehead atoms. The highest BCUT2D eigenvalue weighted by molar-refractivity contribution is 9.09. The molecule has 8 atom stereocenters. The lowest BCUT2D eigenvalue weighted by molar-refractivity contribution is -0.201. The van der Waals surface area contributed by atoms with E-state index in [-0.39, 0.29) is 11.3 Å². The zero-order valence-corrected chi connectivity index (χ0v) is 19.7. The van der Waals surface area contributed by atoms with Crippen LogP contribution in [0.15, 0.2) is 0 Å². The summed E-state index contributed by atoms with van der Waals surface area (Å²) in [7, 11) is 0. The Balaban J connectivity index is 1.52. The first kappa shape index (κ1) is 20.0. The highest BCUT2D eigenvalue weighted by atomic mass is 79.9. The van der Waals surface area contributed by atoms with Crippen LogP contribution in [-0.4, -0.2) is 21.8 Å². The largest absolute Gasteiger partial charge is 0.390 e. The van der Waals surface area contributed by atoms with E-state index < -0.39 is 5.60 Å². The molecule has 0 heterocycles. The maximum absolute atomic E-state index is 12.7. The van der Waals surface area contributed by atoms with E-state index in [1.807, 2.05) is 0 Å². The Hall–Kier alpha value is 0.110. The molecule has 28 heavy (non-hydrogen) atoms. The molecular formula is C25H39BrO2. The van der Waals surface area contributed by atoms with E-state index in [9.17, 15) is 9.90 Å². The number of Topliss-reactive ketones (excluding diaryl/α,β-unsaturated/α-hetero) is 1. The summed E-state index contributed by atoms with van der Waals surface area (Å²) in [6.07, 6.45) is 13.7. The molecular weight excluding hydrogens is 412 g/mol. The average molecular weight is 451 g/mol. The molecule has 5 saturated carbocycles. The summed E-state index contributed by atoms with van der Waals surface area (Å²) in [5, 5.41) is 11.4. The lowest BCUT2D eigenvalue weighted by atomic mass is 9.37. The molecule has 0 saturated heterocycles. The van der Waals surface area contributed by atoms with E-state index in [1.54, 1.807) is 0 Å². The van der Waals surface area contributed by atoms with Gasteiger partial charge in [-0.05, 0) is 117 Å². The van der Waals surface area contributed by atoms with Crippen LogP contribution in [-0.2, 0) is 4.79 Å². The van der Waals surface area contributed by atoms with E-state index in [0.29, 0.717) is 27.9 Å². The summed E-state index contributed by atoms with van der Waals surface area (Å²) in [5.74, 6) is 3.91. The Bertz CT molecular complexity index is 669. The minimum atomic E-state index is -0.444. The standard InChI is InChI=1S/C25H39BrO2/c1-22(28)12-13-25(16-4-5-16)17(14-22)8-10-24(3)20-7-6-18(19(27)15-26)23(20,2)11-9-21(24)25/h16-18,20-21,28H,4-15H2,1-3H3/t17-,18-,20-,21+,22-,23-,24+,25-/m1/s1. The zero-order chi connectivity index (χ0) is 19.9. The van der Waals surface area contributed by atoms with Gasteiger partial charge in [0.2, 0.25) is 0 Å². The van der Waals surface area contributed by atoms with Crippen LogP contribution >= 0.6 is 15.9 Å². The Morgan fingerprint density at radius 1 is 0.857 bits per heavy atom.